The second-order valence-electron chi connectivity index (χ2n) is 5.36. The third-order valence-corrected chi connectivity index (χ3v) is 3.32. The molecule has 1 aromatic heterocycles. The molecular formula is C13H21N3O. The number of aromatic nitrogens is 2. The predicted octanol–water partition coefficient (Wildman–Crippen LogP) is 1.11. The Morgan fingerprint density at radius 2 is 2.35 bits per heavy atom. The zero-order valence-electron chi connectivity index (χ0n) is 10.6. The van der Waals surface area contributed by atoms with E-state index >= 15 is 0 Å². The summed E-state index contributed by atoms with van der Waals surface area (Å²) in [5.74, 6) is 0.591. The normalized spacial score (nSPS) is 19.4. The molecule has 0 amide bonds. The van der Waals surface area contributed by atoms with Gasteiger partial charge in [-0.3, -0.25) is 4.79 Å². The Bertz CT molecular complexity index is 450. The van der Waals surface area contributed by atoms with Gasteiger partial charge in [0.25, 0.3) is 5.56 Å². The first-order valence-electron chi connectivity index (χ1n) is 6.41. The smallest absolute Gasteiger partial charge is 0.267 e. The van der Waals surface area contributed by atoms with Crippen LogP contribution in [0.15, 0.2) is 10.9 Å². The van der Waals surface area contributed by atoms with Crippen LogP contribution < -0.4 is 11.3 Å². The molecule has 0 bridgehead atoms. The standard InChI is InChI=1S/C13H21N3O/c1-9(2)5-6-16-13(17)8-10-7-11(14)3-4-12(10)15-16/h8-9,11H,3-7,14H2,1-2H3/t11-/m1/s1. The number of nitrogens with two attached hydrogens (primary N) is 1. The lowest BCUT2D eigenvalue weighted by molar-refractivity contribution is 0.455. The summed E-state index contributed by atoms with van der Waals surface area (Å²) in [5, 5.41) is 4.47. The Kier molecular flexibility index (Phi) is 3.62. The minimum Gasteiger partial charge on any atom is -0.327 e. The molecule has 17 heavy (non-hydrogen) atoms. The molecule has 1 aromatic rings. The van der Waals surface area contributed by atoms with Gasteiger partial charge in [-0.2, -0.15) is 5.10 Å². The predicted molar refractivity (Wildman–Crippen MR) is 68.0 cm³/mol. The number of aryl methyl sites for hydroxylation is 2. The average Bonchev–Trinajstić information content (AvgIpc) is 2.26. The molecular weight excluding hydrogens is 214 g/mol. The van der Waals surface area contributed by atoms with E-state index in [4.69, 9.17) is 5.73 Å². The molecule has 1 aliphatic carbocycles. The van der Waals surface area contributed by atoms with Crippen molar-refractivity contribution in [2.45, 2.75) is 52.1 Å². The second-order valence-corrected chi connectivity index (χ2v) is 5.36. The lowest BCUT2D eigenvalue weighted by Gasteiger charge is -2.21. The molecule has 1 atom stereocenters. The van der Waals surface area contributed by atoms with Crippen LogP contribution in [0, 0.1) is 5.92 Å². The molecule has 0 radical (unpaired) electrons. The van der Waals surface area contributed by atoms with Crippen molar-refractivity contribution in [1.29, 1.82) is 0 Å². The van der Waals surface area contributed by atoms with E-state index in [1.807, 2.05) is 0 Å². The molecule has 2 N–H and O–H groups in total. The Morgan fingerprint density at radius 3 is 3.06 bits per heavy atom. The van der Waals surface area contributed by atoms with Crippen LogP contribution in [0.3, 0.4) is 0 Å². The van der Waals surface area contributed by atoms with Gasteiger partial charge in [0, 0.05) is 18.7 Å². The zero-order valence-corrected chi connectivity index (χ0v) is 10.6. The maximum absolute atomic E-state index is 11.9. The Labute approximate surface area is 102 Å². The molecule has 0 spiro atoms. The molecule has 0 aliphatic heterocycles. The van der Waals surface area contributed by atoms with Crippen LogP contribution in [-0.2, 0) is 19.4 Å². The average molecular weight is 235 g/mol. The summed E-state index contributed by atoms with van der Waals surface area (Å²) in [6.07, 6.45) is 3.66. The maximum atomic E-state index is 11.9. The van der Waals surface area contributed by atoms with Crippen LogP contribution >= 0.6 is 0 Å². The van der Waals surface area contributed by atoms with Crippen LogP contribution in [-0.4, -0.2) is 15.8 Å². The van der Waals surface area contributed by atoms with Crippen molar-refractivity contribution in [3.05, 3.63) is 27.7 Å². The number of rotatable bonds is 3. The van der Waals surface area contributed by atoms with Gasteiger partial charge in [-0.15, -0.1) is 0 Å². The van der Waals surface area contributed by atoms with Gasteiger partial charge >= 0.3 is 0 Å². The van der Waals surface area contributed by atoms with Gasteiger partial charge in [0.2, 0.25) is 0 Å². The summed E-state index contributed by atoms with van der Waals surface area (Å²) < 4.78 is 1.61. The first-order chi connectivity index (χ1) is 8.06. The monoisotopic (exact) mass is 235 g/mol. The highest BCUT2D eigenvalue weighted by atomic mass is 16.1. The Hall–Kier alpha value is -1.16. The van der Waals surface area contributed by atoms with Crippen LogP contribution in [0.4, 0.5) is 0 Å². The molecule has 0 saturated carbocycles. The lowest BCUT2D eigenvalue weighted by Crippen LogP contribution is -2.33. The second kappa shape index (κ2) is 5.00. The first kappa shape index (κ1) is 12.3. The molecule has 94 valence electrons. The SMILES string of the molecule is CC(C)CCn1nc2c(cc1=O)C[C@H](N)CC2. The van der Waals surface area contributed by atoms with Gasteiger partial charge < -0.3 is 5.73 Å². The van der Waals surface area contributed by atoms with E-state index < -0.39 is 0 Å². The van der Waals surface area contributed by atoms with Gasteiger partial charge in [-0.05, 0) is 37.2 Å². The highest BCUT2D eigenvalue weighted by Gasteiger charge is 2.18. The van der Waals surface area contributed by atoms with Crippen molar-refractivity contribution >= 4 is 0 Å². The van der Waals surface area contributed by atoms with E-state index in [1.165, 1.54) is 0 Å². The van der Waals surface area contributed by atoms with Gasteiger partial charge in [0.15, 0.2) is 0 Å². The van der Waals surface area contributed by atoms with Gasteiger partial charge in [0.05, 0.1) is 5.69 Å². The van der Waals surface area contributed by atoms with Crippen molar-refractivity contribution in [2.24, 2.45) is 11.7 Å². The summed E-state index contributed by atoms with van der Waals surface area (Å²) in [6.45, 7) is 5.03. The molecule has 0 unspecified atom stereocenters. The molecule has 4 nitrogen and oxygen atoms in total. The van der Waals surface area contributed by atoms with Crippen molar-refractivity contribution in [1.82, 2.24) is 9.78 Å². The first-order valence-corrected chi connectivity index (χ1v) is 6.41. The summed E-state index contributed by atoms with van der Waals surface area (Å²) in [4.78, 5) is 11.9. The summed E-state index contributed by atoms with van der Waals surface area (Å²) >= 11 is 0. The van der Waals surface area contributed by atoms with Crippen LogP contribution in [0.2, 0.25) is 0 Å². The van der Waals surface area contributed by atoms with Crippen LogP contribution in [0.1, 0.15) is 37.9 Å². The third kappa shape index (κ3) is 2.94. The summed E-state index contributed by atoms with van der Waals surface area (Å²) in [7, 11) is 0. The van der Waals surface area contributed by atoms with Crippen molar-refractivity contribution in [2.75, 3.05) is 0 Å². The highest BCUT2D eigenvalue weighted by molar-refractivity contribution is 5.22. The highest BCUT2D eigenvalue weighted by Crippen LogP contribution is 2.16. The quantitative estimate of drug-likeness (QED) is 0.853. The van der Waals surface area contributed by atoms with E-state index in [2.05, 4.69) is 18.9 Å². The van der Waals surface area contributed by atoms with E-state index in [0.29, 0.717) is 5.92 Å². The minimum absolute atomic E-state index is 0.0125. The fourth-order valence-electron chi connectivity index (χ4n) is 2.20. The van der Waals surface area contributed by atoms with Crippen molar-refractivity contribution in [3.63, 3.8) is 0 Å². The zero-order chi connectivity index (χ0) is 12.4. The molecule has 0 aromatic carbocycles. The van der Waals surface area contributed by atoms with Crippen LogP contribution in [0.5, 0.6) is 0 Å². The fourth-order valence-corrected chi connectivity index (χ4v) is 2.20. The van der Waals surface area contributed by atoms with Gasteiger partial charge in [0.1, 0.15) is 0 Å². The fraction of sp³-hybridized carbons (Fsp3) is 0.692. The molecule has 2 rings (SSSR count). The number of fused-ring (bicyclic) bond motifs is 1. The number of nitrogens with zero attached hydrogens (tertiary/aromatic N) is 2. The topological polar surface area (TPSA) is 60.9 Å². The minimum atomic E-state index is 0.0125. The van der Waals surface area contributed by atoms with Gasteiger partial charge in [-0.25, -0.2) is 4.68 Å². The van der Waals surface area contributed by atoms with Crippen molar-refractivity contribution in [3.8, 4) is 0 Å². The number of hydrogen-bond acceptors (Lipinski definition) is 3. The number of hydrogen-bond donors (Lipinski definition) is 1. The summed E-state index contributed by atoms with van der Waals surface area (Å²) in [5.41, 5.74) is 8.03. The molecule has 1 aliphatic rings. The largest absolute Gasteiger partial charge is 0.327 e. The van der Waals surface area contributed by atoms with E-state index in [-0.39, 0.29) is 11.6 Å². The molecule has 4 heteroatoms. The Morgan fingerprint density at radius 1 is 1.59 bits per heavy atom. The van der Waals surface area contributed by atoms with E-state index in [1.54, 1.807) is 10.7 Å². The van der Waals surface area contributed by atoms with Gasteiger partial charge in [-0.1, -0.05) is 13.8 Å². The van der Waals surface area contributed by atoms with Crippen molar-refractivity contribution < 1.29 is 0 Å². The Balaban J connectivity index is 2.22. The molecule has 0 saturated heterocycles. The van der Waals surface area contributed by atoms with Crippen LogP contribution in [0.25, 0.3) is 0 Å². The van der Waals surface area contributed by atoms with E-state index in [0.717, 1.165) is 43.5 Å². The third-order valence-electron chi connectivity index (χ3n) is 3.32. The molecule has 0 fully saturated rings. The lowest BCUT2D eigenvalue weighted by atomic mass is 9.93. The molecule has 1 heterocycles. The maximum Gasteiger partial charge on any atom is 0.267 e. The van der Waals surface area contributed by atoms with E-state index in [9.17, 15) is 4.79 Å². The summed E-state index contributed by atoms with van der Waals surface area (Å²) in [6, 6.07) is 1.91.